The summed E-state index contributed by atoms with van der Waals surface area (Å²) < 4.78 is 5.03. The van der Waals surface area contributed by atoms with E-state index >= 15 is 0 Å². The van der Waals surface area contributed by atoms with Crippen molar-refractivity contribution in [1.82, 2.24) is 0 Å². The summed E-state index contributed by atoms with van der Waals surface area (Å²) in [5, 5.41) is 7.84. The zero-order valence-corrected chi connectivity index (χ0v) is 5.80. The van der Waals surface area contributed by atoms with Gasteiger partial charge >= 0.3 is 0 Å². The molecule has 0 aromatic heterocycles. The van der Waals surface area contributed by atoms with Crippen LogP contribution >= 0.6 is 0 Å². The second kappa shape index (κ2) is 7.88. The van der Waals surface area contributed by atoms with E-state index in [1.165, 1.54) is 0 Å². The third-order valence-corrected chi connectivity index (χ3v) is 0.961. The molecule has 0 aliphatic rings. The van der Waals surface area contributed by atoms with Crippen LogP contribution in [0.3, 0.4) is 0 Å². The second-order valence-corrected chi connectivity index (χ2v) is 1.80. The predicted octanol–water partition coefficient (Wildman–Crippen LogP) is 1.29. The minimum absolute atomic E-state index is 0.268. The molecule has 0 aromatic carbocycles. The van der Waals surface area contributed by atoms with Crippen molar-refractivity contribution in [3.63, 3.8) is 0 Å². The SMILES string of the molecule is CCCCOCCOO. The van der Waals surface area contributed by atoms with E-state index in [0.717, 1.165) is 19.4 Å². The molecule has 0 radical (unpaired) electrons. The minimum atomic E-state index is 0.268. The molecule has 1 N–H and O–H groups in total. The van der Waals surface area contributed by atoms with Crippen molar-refractivity contribution in [3.8, 4) is 0 Å². The quantitative estimate of drug-likeness (QED) is 0.338. The van der Waals surface area contributed by atoms with Crippen molar-refractivity contribution in [2.24, 2.45) is 0 Å². The normalized spacial score (nSPS) is 10.0. The van der Waals surface area contributed by atoms with E-state index in [1.807, 2.05) is 0 Å². The first-order valence-electron chi connectivity index (χ1n) is 3.26. The monoisotopic (exact) mass is 134 g/mol. The lowest BCUT2D eigenvalue weighted by Crippen LogP contribution is -2.02. The molecule has 0 spiro atoms. The van der Waals surface area contributed by atoms with Crippen LogP contribution in [0.1, 0.15) is 19.8 Å². The van der Waals surface area contributed by atoms with E-state index < -0.39 is 0 Å². The molecular weight excluding hydrogens is 120 g/mol. The summed E-state index contributed by atoms with van der Waals surface area (Å²) in [6.45, 7) is 3.62. The Hall–Kier alpha value is -0.120. The van der Waals surface area contributed by atoms with Crippen molar-refractivity contribution in [1.29, 1.82) is 0 Å². The molecule has 0 fully saturated rings. The van der Waals surface area contributed by atoms with Gasteiger partial charge in [-0.25, -0.2) is 4.89 Å². The number of ether oxygens (including phenoxy) is 1. The Bertz CT molecular complexity index is 41.6. The highest BCUT2D eigenvalue weighted by Crippen LogP contribution is 1.86. The molecule has 0 saturated heterocycles. The third kappa shape index (κ3) is 7.88. The zero-order valence-electron chi connectivity index (χ0n) is 5.80. The van der Waals surface area contributed by atoms with E-state index in [-0.39, 0.29) is 6.61 Å². The van der Waals surface area contributed by atoms with Crippen molar-refractivity contribution < 1.29 is 14.9 Å². The van der Waals surface area contributed by atoms with Crippen LogP contribution in [0.5, 0.6) is 0 Å². The van der Waals surface area contributed by atoms with Gasteiger partial charge in [0, 0.05) is 6.61 Å². The molecule has 0 saturated carbocycles. The van der Waals surface area contributed by atoms with E-state index in [1.54, 1.807) is 0 Å². The summed E-state index contributed by atoms with van der Waals surface area (Å²) in [6, 6.07) is 0. The molecule has 0 bridgehead atoms. The number of rotatable bonds is 6. The van der Waals surface area contributed by atoms with Gasteiger partial charge in [-0.2, -0.15) is 0 Å². The highest BCUT2D eigenvalue weighted by Gasteiger charge is 1.85. The fraction of sp³-hybridized carbons (Fsp3) is 1.00. The smallest absolute Gasteiger partial charge is 0.105 e. The van der Waals surface area contributed by atoms with Gasteiger partial charge in [-0.1, -0.05) is 13.3 Å². The topological polar surface area (TPSA) is 38.7 Å². The van der Waals surface area contributed by atoms with Gasteiger partial charge in [-0.3, -0.25) is 5.26 Å². The largest absolute Gasteiger partial charge is 0.379 e. The fourth-order valence-corrected chi connectivity index (χ4v) is 0.445. The van der Waals surface area contributed by atoms with Crippen molar-refractivity contribution in [2.45, 2.75) is 19.8 Å². The summed E-state index contributed by atoms with van der Waals surface area (Å²) in [7, 11) is 0. The van der Waals surface area contributed by atoms with Crippen LogP contribution in [-0.4, -0.2) is 25.1 Å². The maximum Gasteiger partial charge on any atom is 0.105 e. The molecule has 0 rings (SSSR count). The first kappa shape index (κ1) is 8.88. The van der Waals surface area contributed by atoms with Crippen molar-refractivity contribution in [3.05, 3.63) is 0 Å². The standard InChI is InChI=1S/C6H14O3/c1-2-3-4-8-5-6-9-7/h7H,2-6H2,1H3. The number of hydrogen-bond acceptors (Lipinski definition) is 3. The van der Waals surface area contributed by atoms with E-state index in [4.69, 9.17) is 9.99 Å². The van der Waals surface area contributed by atoms with Gasteiger partial charge in [0.1, 0.15) is 6.61 Å². The highest BCUT2D eigenvalue weighted by atomic mass is 17.1. The molecule has 0 heterocycles. The lowest BCUT2D eigenvalue weighted by Gasteiger charge is -1.99. The molecule has 0 unspecified atom stereocenters. The minimum Gasteiger partial charge on any atom is -0.379 e. The van der Waals surface area contributed by atoms with E-state index in [2.05, 4.69) is 11.8 Å². The van der Waals surface area contributed by atoms with Crippen LogP contribution in [0, 0.1) is 0 Å². The second-order valence-electron chi connectivity index (χ2n) is 1.80. The van der Waals surface area contributed by atoms with Gasteiger partial charge in [-0.05, 0) is 6.42 Å². The summed E-state index contributed by atoms with van der Waals surface area (Å²) in [5.74, 6) is 0. The number of unbranched alkanes of at least 4 members (excludes halogenated alkanes) is 1. The Labute approximate surface area is 55.5 Å². The van der Waals surface area contributed by atoms with Gasteiger partial charge in [0.25, 0.3) is 0 Å². The third-order valence-electron chi connectivity index (χ3n) is 0.961. The average molecular weight is 134 g/mol. The predicted molar refractivity (Wildman–Crippen MR) is 34.3 cm³/mol. The van der Waals surface area contributed by atoms with Crippen LogP contribution in [0.2, 0.25) is 0 Å². The van der Waals surface area contributed by atoms with Crippen LogP contribution in [0.25, 0.3) is 0 Å². The Morgan fingerprint density at radius 3 is 2.56 bits per heavy atom. The molecular formula is C6H14O3. The Morgan fingerprint density at radius 1 is 1.22 bits per heavy atom. The van der Waals surface area contributed by atoms with Crippen LogP contribution in [0.15, 0.2) is 0 Å². The molecule has 56 valence electrons. The van der Waals surface area contributed by atoms with Gasteiger partial charge in [0.15, 0.2) is 0 Å². The molecule has 0 aromatic rings. The summed E-state index contributed by atoms with van der Waals surface area (Å²) in [5.41, 5.74) is 0. The molecule has 9 heavy (non-hydrogen) atoms. The van der Waals surface area contributed by atoms with Crippen molar-refractivity contribution >= 4 is 0 Å². The zero-order chi connectivity index (χ0) is 6.95. The lowest BCUT2D eigenvalue weighted by atomic mass is 10.4. The summed E-state index contributed by atoms with van der Waals surface area (Å²) in [4.78, 5) is 3.80. The van der Waals surface area contributed by atoms with Gasteiger partial charge in [0.05, 0.1) is 6.61 Å². The molecule has 3 heteroatoms. The molecule has 0 aliphatic heterocycles. The first-order valence-corrected chi connectivity index (χ1v) is 3.26. The Kier molecular flexibility index (Phi) is 7.77. The number of hydrogen-bond donors (Lipinski definition) is 1. The average Bonchev–Trinajstić information content (AvgIpc) is 1.89. The van der Waals surface area contributed by atoms with Crippen LogP contribution in [0.4, 0.5) is 0 Å². The summed E-state index contributed by atoms with van der Waals surface area (Å²) >= 11 is 0. The molecule has 0 aliphatic carbocycles. The molecule has 0 atom stereocenters. The lowest BCUT2D eigenvalue weighted by molar-refractivity contribution is -0.249. The van der Waals surface area contributed by atoms with Crippen LogP contribution in [-0.2, 0) is 9.62 Å². The Balaban J connectivity index is 2.60. The maximum atomic E-state index is 7.84. The fourth-order valence-electron chi connectivity index (χ4n) is 0.445. The first-order chi connectivity index (χ1) is 4.41. The maximum absolute atomic E-state index is 7.84. The van der Waals surface area contributed by atoms with Crippen molar-refractivity contribution in [2.75, 3.05) is 19.8 Å². The van der Waals surface area contributed by atoms with Gasteiger partial charge in [0.2, 0.25) is 0 Å². The van der Waals surface area contributed by atoms with E-state index in [9.17, 15) is 0 Å². The van der Waals surface area contributed by atoms with Gasteiger partial charge < -0.3 is 4.74 Å². The summed E-state index contributed by atoms with van der Waals surface area (Å²) in [6.07, 6.45) is 2.21. The molecule has 0 amide bonds. The van der Waals surface area contributed by atoms with Crippen LogP contribution < -0.4 is 0 Å². The molecule has 3 nitrogen and oxygen atoms in total. The van der Waals surface area contributed by atoms with E-state index in [0.29, 0.717) is 6.61 Å². The van der Waals surface area contributed by atoms with Gasteiger partial charge in [-0.15, -0.1) is 0 Å². The Morgan fingerprint density at radius 2 is 2.00 bits per heavy atom. The highest BCUT2D eigenvalue weighted by molar-refractivity contribution is 4.31.